The van der Waals surface area contributed by atoms with Crippen molar-refractivity contribution in [1.29, 1.82) is 0 Å². The number of amides is 1. The van der Waals surface area contributed by atoms with Crippen LogP contribution >= 0.6 is 0 Å². The van der Waals surface area contributed by atoms with Crippen LogP contribution in [-0.2, 0) is 17.8 Å². The largest absolute Gasteiger partial charge is 0.494 e. The maximum absolute atomic E-state index is 12.8. The number of ether oxygens (including phenoxy) is 1. The van der Waals surface area contributed by atoms with Gasteiger partial charge in [-0.1, -0.05) is 24.3 Å². The quantitative estimate of drug-likeness (QED) is 0.520. The molecule has 0 bridgehead atoms. The number of aryl methyl sites for hydroxylation is 3. The third kappa shape index (κ3) is 5.78. The van der Waals surface area contributed by atoms with Crippen LogP contribution in [0.1, 0.15) is 60.6 Å². The maximum atomic E-state index is 12.8. The highest BCUT2D eigenvalue weighted by Crippen LogP contribution is 2.27. The van der Waals surface area contributed by atoms with Gasteiger partial charge in [-0.15, -0.1) is 0 Å². The molecule has 1 fully saturated rings. The molecule has 0 saturated carbocycles. The van der Waals surface area contributed by atoms with Gasteiger partial charge in [-0.3, -0.25) is 9.78 Å². The zero-order chi connectivity index (χ0) is 23.2. The van der Waals surface area contributed by atoms with Gasteiger partial charge in [0.15, 0.2) is 0 Å². The van der Waals surface area contributed by atoms with E-state index in [0.717, 1.165) is 61.0 Å². The molecule has 1 saturated heterocycles. The van der Waals surface area contributed by atoms with Crippen LogP contribution in [0.3, 0.4) is 0 Å². The van der Waals surface area contributed by atoms with E-state index in [0.29, 0.717) is 19.6 Å². The second-order valence-electron chi connectivity index (χ2n) is 8.67. The summed E-state index contributed by atoms with van der Waals surface area (Å²) in [6.45, 7) is 8.57. The van der Waals surface area contributed by atoms with E-state index >= 15 is 0 Å². The molecule has 1 atom stereocenters. The highest BCUT2D eigenvalue weighted by atomic mass is 16.5. The lowest BCUT2D eigenvalue weighted by Gasteiger charge is -2.32. The number of aromatic nitrogens is 4. The molecule has 3 heterocycles. The first-order chi connectivity index (χ1) is 16.0. The number of hydrogen-bond acceptors (Lipinski definition) is 5. The van der Waals surface area contributed by atoms with Gasteiger partial charge in [0.1, 0.15) is 17.4 Å². The number of likely N-dealkylation sites (tertiary alicyclic amines) is 1. The first-order valence-corrected chi connectivity index (χ1v) is 11.8. The van der Waals surface area contributed by atoms with Gasteiger partial charge in [-0.2, -0.15) is 5.10 Å². The molecule has 0 N–H and O–H groups in total. The Labute approximate surface area is 195 Å². The van der Waals surface area contributed by atoms with Crippen LogP contribution in [0.4, 0.5) is 0 Å². The van der Waals surface area contributed by atoms with Gasteiger partial charge in [0, 0.05) is 43.7 Å². The molecular weight excluding hydrogens is 414 g/mol. The molecule has 1 aliphatic rings. The predicted octanol–water partition coefficient (Wildman–Crippen LogP) is 4.08. The summed E-state index contributed by atoms with van der Waals surface area (Å²) in [6, 6.07) is 12.4. The number of pyridine rings is 1. The van der Waals surface area contributed by atoms with E-state index in [4.69, 9.17) is 9.72 Å². The summed E-state index contributed by atoms with van der Waals surface area (Å²) in [7, 11) is 0. The number of para-hydroxylation sites is 1. The summed E-state index contributed by atoms with van der Waals surface area (Å²) in [5, 5.41) is 4.36. The minimum atomic E-state index is 0.177. The summed E-state index contributed by atoms with van der Waals surface area (Å²) in [4.78, 5) is 23.9. The van der Waals surface area contributed by atoms with Crippen molar-refractivity contribution in [2.45, 2.75) is 58.9 Å². The predicted molar refractivity (Wildman–Crippen MR) is 127 cm³/mol. The Morgan fingerprint density at radius 3 is 2.76 bits per heavy atom. The molecule has 7 heteroatoms. The molecule has 0 spiro atoms. The summed E-state index contributed by atoms with van der Waals surface area (Å²) < 4.78 is 7.57. The van der Waals surface area contributed by atoms with Crippen molar-refractivity contribution in [1.82, 2.24) is 24.6 Å². The molecule has 4 rings (SSSR count). The lowest BCUT2D eigenvalue weighted by atomic mass is 9.93. The molecule has 3 aromatic rings. The number of carbonyl (C=O) groups is 1. The Morgan fingerprint density at radius 2 is 2.03 bits per heavy atom. The number of hydrogen-bond donors (Lipinski definition) is 0. The van der Waals surface area contributed by atoms with Crippen LogP contribution in [0.15, 0.2) is 42.6 Å². The van der Waals surface area contributed by atoms with Gasteiger partial charge < -0.3 is 9.64 Å². The average Bonchev–Trinajstić information content (AvgIpc) is 3.16. The second kappa shape index (κ2) is 10.6. The van der Waals surface area contributed by atoms with Crippen LogP contribution < -0.4 is 4.74 Å². The summed E-state index contributed by atoms with van der Waals surface area (Å²) >= 11 is 0. The lowest BCUT2D eigenvalue weighted by Crippen LogP contribution is -2.39. The Bertz CT molecular complexity index is 1080. The molecule has 33 heavy (non-hydrogen) atoms. The minimum absolute atomic E-state index is 0.177. The fraction of sp³-hybridized carbons (Fsp3) is 0.462. The van der Waals surface area contributed by atoms with Crippen molar-refractivity contribution >= 4 is 5.91 Å². The van der Waals surface area contributed by atoms with Crippen molar-refractivity contribution in [3.8, 4) is 5.75 Å². The third-order valence-corrected chi connectivity index (χ3v) is 6.21. The summed E-state index contributed by atoms with van der Waals surface area (Å²) in [5.74, 6) is 2.99. The number of nitrogens with zero attached hydrogens (tertiary/aromatic N) is 5. The second-order valence-corrected chi connectivity index (χ2v) is 8.67. The zero-order valence-electron chi connectivity index (χ0n) is 19.8. The van der Waals surface area contributed by atoms with Crippen LogP contribution in [0, 0.1) is 13.8 Å². The van der Waals surface area contributed by atoms with Crippen LogP contribution in [0.25, 0.3) is 0 Å². The third-order valence-electron chi connectivity index (χ3n) is 6.21. The highest BCUT2D eigenvalue weighted by Gasteiger charge is 2.25. The maximum Gasteiger partial charge on any atom is 0.224 e. The van der Waals surface area contributed by atoms with Crippen molar-refractivity contribution < 1.29 is 9.53 Å². The lowest BCUT2D eigenvalue weighted by molar-refractivity contribution is -0.132. The zero-order valence-corrected chi connectivity index (χ0v) is 19.8. The Morgan fingerprint density at radius 1 is 1.18 bits per heavy atom. The Balaban J connectivity index is 1.35. The molecule has 1 aromatic carbocycles. The van der Waals surface area contributed by atoms with Gasteiger partial charge in [-0.25, -0.2) is 9.67 Å². The van der Waals surface area contributed by atoms with Gasteiger partial charge in [-0.05, 0) is 56.9 Å². The molecule has 2 aromatic heterocycles. The summed E-state index contributed by atoms with van der Waals surface area (Å²) in [6.07, 6.45) is 5.27. The van der Waals surface area contributed by atoms with E-state index in [-0.39, 0.29) is 11.8 Å². The molecule has 0 radical (unpaired) electrons. The molecule has 174 valence electrons. The molecular formula is C26H33N5O2. The molecule has 1 amide bonds. The standard InChI is InChI=1S/C26H33N5O2/c1-4-33-25-10-6-5-8-22(25)16-21-11-12-24(27-17-21)23-9-7-14-30(18-23)26(32)13-15-31-20(3)28-19(2)29-31/h5-6,8,10-12,17,23H,4,7,9,13-16,18H2,1-3H3/t23-/m1/s1. The van der Waals surface area contributed by atoms with Crippen molar-refractivity contribution in [3.63, 3.8) is 0 Å². The van der Waals surface area contributed by atoms with Crippen molar-refractivity contribution in [2.75, 3.05) is 19.7 Å². The first kappa shape index (κ1) is 23.0. The number of piperidine rings is 1. The normalized spacial score (nSPS) is 16.1. The summed E-state index contributed by atoms with van der Waals surface area (Å²) in [5.41, 5.74) is 3.39. The van der Waals surface area contributed by atoms with Crippen LogP contribution in [0.2, 0.25) is 0 Å². The van der Waals surface area contributed by atoms with Crippen molar-refractivity contribution in [2.24, 2.45) is 0 Å². The molecule has 1 aliphatic heterocycles. The highest BCUT2D eigenvalue weighted by molar-refractivity contribution is 5.76. The van der Waals surface area contributed by atoms with E-state index < -0.39 is 0 Å². The fourth-order valence-corrected chi connectivity index (χ4v) is 4.53. The fourth-order valence-electron chi connectivity index (χ4n) is 4.53. The van der Waals surface area contributed by atoms with Gasteiger partial charge in [0.05, 0.1) is 13.2 Å². The van der Waals surface area contributed by atoms with Crippen molar-refractivity contribution in [3.05, 3.63) is 71.1 Å². The number of benzene rings is 1. The minimum Gasteiger partial charge on any atom is -0.494 e. The van der Waals surface area contributed by atoms with E-state index in [2.05, 4.69) is 28.3 Å². The molecule has 0 unspecified atom stereocenters. The van der Waals surface area contributed by atoms with Gasteiger partial charge in [0.25, 0.3) is 0 Å². The number of carbonyl (C=O) groups excluding carboxylic acids is 1. The van der Waals surface area contributed by atoms with E-state index in [1.54, 1.807) is 0 Å². The molecule has 0 aliphatic carbocycles. The smallest absolute Gasteiger partial charge is 0.224 e. The van der Waals surface area contributed by atoms with Gasteiger partial charge in [0.2, 0.25) is 5.91 Å². The van der Waals surface area contributed by atoms with E-state index in [1.165, 1.54) is 5.56 Å². The van der Waals surface area contributed by atoms with Gasteiger partial charge >= 0.3 is 0 Å². The Kier molecular flexibility index (Phi) is 7.37. The average molecular weight is 448 g/mol. The van der Waals surface area contributed by atoms with Crippen LogP contribution in [0.5, 0.6) is 5.75 Å². The SMILES string of the molecule is CCOc1ccccc1Cc1ccc([C@@H]2CCCN(C(=O)CCn3nc(C)nc3C)C2)nc1. The number of rotatable bonds is 8. The topological polar surface area (TPSA) is 73.1 Å². The monoisotopic (exact) mass is 447 g/mol. The van der Waals surface area contributed by atoms with E-state index in [9.17, 15) is 4.79 Å². The van der Waals surface area contributed by atoms with E-state index in [1.807, 2.05) is 54.7 Å². The molecule has 7 nitrogen and oxygen atoms in total. The first-order valence-electron chi connectivity index (χ1n) is 11.8. The Hall–Kier alpha value is -3.22. The van der Waals surface area contributed by atoms with Crippen LogP contribution in [-0.4, -0.2) is 50.3 Å².